The maximum absolute atomic E-state index is 12.0. The van der Waals surface area contributed by atoms with Gasteiger partial charge in [0.1, 0.15) is 0 Å². The van der Waals surface area contributed by atoms with Crippen molar-refractivity contribution < 1.29 is 9.53 Å². The van der Waals surface area contributed by atoms with Crippen LogP contribution in [0.25, 0.3) is 0 Å². The topological polar surface area (TPSA) is 38.3 Å². The number of hydrogen-bond acceptors (Lipinski definition) is 3. The van der Waals surface area contributed by atoms with E-state index in [9.17, 15) is 4.79 Å². The van der Waals surface area contributed by atoms with E-state index in [1.807, 2.05) is 36.4 Å². The number of nitrogens with one attached hydrogen (secondary N) is 1. The first kappa shape index (κ1) is 14.9. The molecule has 3 nitrogen and oxygen atoms in total. The highest BCUT2D eigenvalue weighted by Crippen LogP contribution is 2.29. The van der Waals surface area contributed by atoms with E-state index in [-0.39, 0.29) is 0 Å². The van der Waals surface area contributed by atoms with Crippen molar-refractivity contribution in [3.05, 3.63) is 63.6 Å². The number of benzene rings is 2. The predicted molar refractivity (Wildman–Crippen MR) is 84.0 cm³/mol. The molecule has 2 rings (SSSR count). The van der Waals surface area contributed by atoms with Crippen molar-refractivity contribution in [2.24, 2.45) is 0 Å². The van der Waals surface area contributed by atoms with Gasteiger partial charge in [-0.05, 0) is 30.3 Å². The van der Waals surface area contributed by atoms with Gasteiger partial charge in [-0.25, -0.2) is 4.79 Å². The Morgan fingerprint density at radius 2 is 1.95 bits per heavy atom. The summed E-state index contributed by atoms with van der Waals surface area (Å²) in [5.41, 5.74) is 1.48. The van der Waals surface area contributed by atoms with Gasteiger partial charge in [-0.1, -0.05) is 45.7 Å². The minimum atomic E-state index is -0.660. The van der Waals surface area contributed by atoms with Crippen molar-refractivity contribution in [1.82, 2.24) is 0 Å². The molecule has 0 aromatic heterocycles. The van der Waals surface area contributed by atoms with E-state index in [1.165, 1.54) is 7.11 Å². The lowest BCUT2D eigenvalue weighted by Gasteiger charge is -2.19. The lowest BCUT2D eigenvalue weighted by Crippen LogP contribution is -2.22. The van der Waals surface area contributed by atoms with Crippen LogP contribution in [0, 0.1) is 0 Å². The summed E-state index contributed by atoms with van der Waals surface area (Å²) in [4.78, 5) is 12.0. The second kappa shape index (κ2) is 6.77. The van der Waals surface area contributed by atoms with Gasteiger partial charge in [0.25, 0.3) is 0 Å². The summed E-state index contributed by atoms with van der Waals surface area (Å²) in [6.07, 6.45) is 0. The lowest BCUT2D eigenvalue weighted by molar-refractivity contribution is -0.141. The monoisotopic (exact) mass is 353 g/mol. The van der Waals surface area contributed by atoms with E-state index in [0.29, 0.717) is 10.6 Å². The van der Waals surface area contributed by atoms with Crippen molar-refractivity contribution in [3.63, 3.8) is 0 Å². The number of rotatable bonds is 4. The number of hydrogen-bond donors (Lipinski definition) is 1. The van der Waals surface area contributed by atoms with E-state index >= 15 is 0 Å². The molecule has 5 heteroatoms. The van der Waals surface area contributed by atoms with E-state index in [0.717, 1.165) is 10.2 Å². The third-order valence-electron chi connectivity index (χ3n) is 2.79. The Labute approximate surface area is 131 Å². The fraction of sp³-hybridized carbons (Fsp3) is 0.133. The molecule has 2 aromatic carbocycles. The van der Waals surface area contributed by atoms with Crippen LogP contribution >= 0.6 is 27.5 Å². The lowest BCUT2D eigenvalue weighted by atomic mass is 10.1. The van der Waals surface area contributed by atoms with Gasteiger partial charge in [0.05, 0.1) is 7.11 Å². The molecule has 0 amide bonds. The normalized spacial score (nSPS) is 11.8. The highest BCUT2D eigenvalue weighted by molar-refractivity contribution is 9.10. The van der Waals surface area contributed by atoms with Crippen molar-refractivity contribution in [1.29, 1.82) is 0 Å². The van der Waals surface area contributed by atoms with Gasteiger partial charge in [0.15, 0.2) is 6.04 Å². The molecule has 1 N–H and O–H groups in total. The van der Waals surface area contributed by atoms with Crippen LogP contribution in [-0.4, -0.2) is 13.1 Å². The highest BCUT2D eigenvalue weighted by Gasteiger charge is 2.24. The van der Waals surface area contributed by atoms with Gasteiger partial charge in [0.2, 0.25) is 0 Å². The van der Waals surface area contributed by atoms with Gasteiger partial charge in [-0.3, -0.25) is 0 Å². The summed E-state index contributed by atoms with van der Waals surface area (Å²) in [7, 11) is 1.36. The van der Waals surface area contributed by atoms with Crippen LogP contribution < -0.4 is 5.32 Å². The van der Waals surface area contributed by atoms with Crippen molar-refractivity contribution in [2.45, 2.75) is 6.04 Å². The average Bonchev–Trinajstić information content (AvgIpc) is 2.48. The van der Waals surface area contributed by atoms with Crippen molar-refractivity contribution >= 4 is 39.2 Å². The molecule has 0 aliphatic rings. The maximum Gasteiger partial charge on any atom is 0.333 e. The summed E-state index contributed by atoms with van der Waals surface area (Å²) in [6.45, 7) is 0. The summed E-state index contributed by atoms with van der Waals surface area (Å²) >= 11 is 9.57. The predicted octanol–water partition coefficient (Wildman–Crippen LogP) is 4.43. The smallest absolute Gasteiger partial charge is 0.333 e. The van der Waals surface area contributed by atoms with Crippen LogP contribution in [0.4, 0.5) is 5.69 Å². The number of para-hydroxylation sites is 1. The molecule has 0 bridgehead atoms. The van der Waals surface area contributed by atoms with E-state index in [4.69, 9.17) is 16.3 Å². The molecular weight excluding hydrogens is 342 g/mol. The molecule has 0 saturated carbocycles. The molecule has 0 aliphatic carbocycles. The molecule has 0 heterocycles. The Bertz CT molecular complexity index is 604. The van der Waals surface area contributed by atoms with Gasteiger partial charge in [-0.2, -0.15) is 0 Å². The zero-order valence-corrected chi connectivity index (χ0v) is 13.1. The van der Waals surface area contributed by atoms with Crippen LogP contribution in [0.1, 0.15) is 11.6 Å². The number of anilines is 1. The Kier molecular flexibility index (Phi) is 5.04. The molecular formula is C15H13BrClNO2. The molecule has 0 fully saturated rings. The van der Waals surface area contributed by atoms with Crippen molar-refractivity contribution in [2.75, 3.05) is 12.4 Å². The van der Waals surface area contributed by atoms with Crippen LogP contribution in [0.3, 0.4) is 0 Å². The summed E-state index contributed by atoms with van der Waals surface area (Å²) < 4.78 is 5.71. The molecule has 20 heavy (non-hydrogen) atoms. The minimum absolute atomic E-state index is 0.395. The third-order valence-corrected chi connectivity index (χ3v) is 3.63. The van der Waals surface area contributed by atoms with Crippen LogP contribution in [-0.2, 0) is 9.53 Å². The minimum Gasteiger partial charge on any atom is -0.467 e. The fourth-order valence-corrected chi connectivity index (χ4v) is 2.42. The van der Waals surface area contributed by atoms with Gasteiger partial charge in [-0.15, -0.1) is 0 Å². The molecule has 0 aliphatic heterocycles. The van der Waals surface area contributed by atoms with E-state index in [1.54, 1.807) is 12.1 Å². The number of halogens is 2. The first-order valence-electron chi connectivity index (χ1n) is 5.96. The second-order valence-electron chi connectivity index (χ2n) is 4.13. The third kappa shape index (κ3) is 3.52. The molecule has 2 aromatic rings. The van der Waals surface area contributed by atoms with Gasteiger partial charge >= 0.3 is 5.97 Å². The van der Waals surface area contributed by atoms with E-state index < -0.39 is 12.0 Å². The summed E-state index contributed by atoms with van der Waals surface area (Å²) in [5.74, 6) is -0.395. The molecule has 1 atom stereocenters. The van der Waals surface area contributed by atoms with Crippen LogP contribution in [0.5, 0.6) is 0 Å². The Balaban J connectivity index is 2.37. The first-order valence-corrected chi connectivity index (χ1v) is 7.13. The van der Waals surface area contributed by atoms with E-state index in [2.05, 4.69) is 21.2 Å². The number of carbonyl (C=O) groups is 1. The SMILES string of the molecule is COC(=O)C(Nc1ccccc1)c1cc(Br)ccc1Cl. The quantitative estimate of drug-likeness (QED) is 0.826. The zero-order valence-electron chi connectivity index (χ0n) is 10.8. The second-order valence-corrected chi connectivity index (χ2v) is 5.46. The highest BCUT2D eigenvalue weighted by atomic mass is 79.9. The van der Waals surface area contributed by atoms with Crippen LogP contribution in [0.15, 0.2) is 53.0 Å². The average molecular weight is 355 g/mol. The number of methoxy groups -OCH3 is 1. The number of esters is 1. The van der Waals surface area contributed by atoms with Crippen molar-refractivity contribution in [3.8, 4) is 0 Å². The molecule has 0 spiro atoms. The summed E-state index contributed by atoms with van der Waals surface area (Å²) in [5, 5.41) is 3.64. The standard InChI is InChI=1S/C15H13BrClNO2/c1-20-15(19)14(18-11-5-3-2-4-6-11)12-9-10(16)7-8-13(12)17/h2-9,14,18H,1H3. The zero-order chi connectivity index (χ0) is 14.5. The fourth-order valence-electron chi connectivity index (χ4n) is 1.82. The molecule has 0 saturated heterocycles. The van der Waals surface area contributed by atoms with Gasteiger partial charge in [0, 0.05) is 20.7 Å². The Morgan fingerprint density at radius 3 is 2.60 bits per heavy atom. The van der Waals surface area contributed by atoms with Gasteiger partial charge < -0.3 is 10.1 Å². The van der Waals surface area contributed by atoms with Crippen LogP contribution in [0.2, 0.25) is 5.02 Å². The number of ether oxygens (including phenoxy) is 1. The Hall–Kier alpha value is -1.52. The Morgan fingerprint density at radius 1 is 1.25 bits per heavy atom. The largest absolute Gasteiger partial charge is 0.467 e. The first-order chi connectivity index (χ1) is 9.61. The summed E-state index contributed by atoms with van der Waals surface area (Å²) in [6, 6.07) is 14.1. The maximum atomic E-state index is 12.0. The molecule has 0 radical (unpaired) electrons. The molecule has 1 unspecified atom stereocenters. The molecule has 104 valence electrons. The number of carbonyl (C=O) groups excluding carboxylic acids is 1.